The summed E-state index contributed by atoms with van der Waals surface area (Å²) < 4.78 is 1.82. The predicted octanol–water partition coefficient (Wildman–Crippen LogP) is 3.59. The van der Waals surface area contributed by atoms with Crippen molar-refractivity contribution < 1.29 is 0 Å². The Hall–Kier alpha value is -1.64. The third kappa shape index (κ3) is 2.86. The second kappa shape index (κ2) is 6.00. The van der Waals surface area contributed by atoms with Crippen LogP contribution < -0.4 is 5.56 Å². The van der Waals surface area contributed by atoms with Gasteiger partial charge in [0.25, 0.3) is 5.56 Å². The third-order valence-electron chi connectivity index (χ3n) is 3.77. The van der Waals surface area contributed by atoms with Gasteiger partial charge in [0, 0.05) is 24.2 Å². The molecule has 2 heterocycles. The van der Waals surface area contributed by atoms with E-state index in [2.05, 4.69) is 25.8 Å². The summed E-state index contributed by atoms with van der Waals surface area (Å²) in [7, 11) is 0. The Balaban J connectivity index is 2.39. The van der Waals surface area contributed by atoms with Crippen molar-refractivity contribution in [1.82, 2.24) is 9.55 Å². The standard InChI is InChI=1S/C16H22N2O/c1-4-5-6-7-10-18-15(19)9-8-14-13(3)12(2)11-17-16(14)18/h8-9,11H,4-7,10H2,1-3H3. The maximum atomic E-state index is 12.0. The Morgan fingerprint density at radius 3 is 2.68 bits per heavy atom. The van der Waals surface area contributed by atoms with Crippen molar-refractivity contribution in [2.45, 2.75) is 53.0 Å². The number of unbranched alkanes of at least 4 members (excludes halogenated alkanes) is 3. The number of aryl methyl sites for hydroxylation is 3. The Labute approximate surface area is 114 Å². The molecule has 2 aromatic heterocycles. The molecule has 3 heteroatoms. The van der Waals surface area contributed by atoms with Crippen LogP contribution >= 0.6 is 0 Å². The molecule has 0 aliphatic carbocycles. The number of nitrogens with zero attached hydrogens (tertiary/aromatic N) is 2. The Bertz CT molecular complexity index is 628. The van der Waals surface area contributed by atoms with Crippen LogP contribution in [0.5, 0.6) is 0 Å². The minimum Gasteiger partial charge on any atom is -0.293 e. The number of fused-ring (bicyclic) bond motifs is 1. The lowest BCUT2D eigenvalue weighted by Gasteiger charge is -2.11. The second-order valence-corrected chi connectivity index (χ2v) is 5.19. The van der Waals surface area contributed by atoms with Gasteiger partial charge in [0.1, 0.15) is 5.65 Å². The van der Waals surface area contributed by atoms with Crippen LogP contribution in [-0.4, -0.2) is 9.55 Å². The first-order valence-corrected chi connectivity index (χ1v) is 7.11. The van der Waals surface area contributed by atoms with Crippen molar-refractivity contribution in [1.29, 1.82) is 0 Å². The van der Waals surface area contributed by atoms with Gasteiger partial charge in [-0.2, -0.15) is 0 Å². The van der Waals surface area contributed by atoms with Crippen LogP contribution in [0.1, 0.15) is 43.7 Å². The number of aromatic nitrogens is 2. The van der Waals surface area contributed by atoms with Gasteiger partial charge >= 0.3 is 0 Å². The molecule has 0 radical (unpaired) electrons. The van der Waals surface area contributed by atoms with Crippen LogP contribution in [0.2, 0.25) is 0 Å². The fraction of sp³-hybridized carbons (Fsp3) is 0.500. The van der Waals surface area contributed by atoms with Crippen LogP contribution in [0.25, 0.3) is 11.0 Å². The van der Waals surface area contributed by atoms with Crippen LogP contribution in [0.15, 0.2) is 23.1 Å². The fourth-order valence-corrected chi connectivity index (χ4v) is 2.38. The summed E-state index contributed by atoms with van der Waals surface area (Å²) in [5.74, 6) is 0. The summed E-state index contributed by atoms with van der Waals surface area (Å²) in [6, 6.07) is 3.56. The first-order valence-electron chi connectivity index (χ1n) is 7.11. The molecule has 0 saturated heterocycles. The molecular formula is C16H22N2O. The minimum absolute atomic E-state index is 0.0553. The molecule has 0 fully saturated rings. The summed E-state index contributed by atoms with van der Waals surface area (Å²) in [6.45, 7) is 7.10. The highest BCUT2D eigenvalue weighted by Gasteiger charge is 2.07. The molecule has 2 aromatic rings. The van der Waals surface area contributed by atoms with Crippen molar-refractivity contribution in [3.05, 3.63) is 39.8 Å². The molecule has 0 aliphatic heterocycles. The Kier molecular flexibility index (Phi) is 4.35. The predicted molar refractivity (Wildman–Crippen MR) is 79.6 cm³/mol. The molecular weight excluding hydrogens is 236 g/mol. The SMILES string of the molecule is CCCCCCn1c(=O)ccc2c(C)c(C)cnc21. The van der Waals surface area contributed by atoms with Gasteiger partial charge in [-0.25, -0.2) is 4.98 Å². The van der Waals surface area contributed by atoms with Gasteiger partial charge in [-0.05, 0) is 37.5 Å². The molecule has 102 valence electrons. The van der Waals surface area contributed by atoms with E-state index in [4.69, 9.17) is 0 Å². The molecule has 0 unspecified atom stereocenters. The van der Waals surface area contributed by atoms with Crippen LogP contribution in [0.4, 0.5) is 0 Å². The molecule has 0 spiro atoms. The van der Waals surface area contributed by atoms with Crippen LogP contribution in [-0.2, 0) is 6.54 Å². The molecule has 0 bridgehead atoms. The highest BCUT2D eigenvalue weighted by Crippen LogP contribution is 2.18. The minimum atomic E-state index is 0.0553. The summed E-state index contributed by atoms with van der Waals surface area (Å²) in [5, 5.41) is 1.09. The zero-order valence-corrected chi connectivity index (χ0v) is 12.1. The van der Waals surface area contributed by atoms with Crippen LogP contribution in [0.3, 0.4) is 0 Å². The molecule has 0 amide bonds. The van der Waals surface area contributed by atoms with Crippen molar-refractivity contribution in [2.24, 2.45) is 0 Å². The number of hydrogen-bond donors (Lipinski definition) is 0. The average molecular weight is 258 g/mol. The lowest BCUT2D eigenvalue weighted by molar-refractivity contribution is 0.580. The quantitative estimate of drug-likeness (QED) is 0.768. The number of pyridine rings is 2. The van der Waals surface area contributed by atoms with Crippen molar-refractivity contribution in [2.75, 3.05) is 0 Å². The smallest absolute Gasteiger partial charge is 0.252 e. The van der Waals surface area contributed by atoms with Gasteiger partial charge in [-0.3, -0.25) is 9.36 Å². The summed E-state index contributed by atoms with van der Waals surface area (Å²) in [4.78, 5) is 16.5. The highest BCUT2D eigenvalue weighted by molar-refractivity contribution is 5.79. The first-order chi connectivity index (χ1) is 9.15. The summed E-state index contributed by atoms with van der Waals surface area (Å²) >= 11 is 0. The molecule has 19 heavy (non-hydrogen) atoms. The van der Waals surface area contributed by atoms with E-state index >= 15 is 0 Å². The normalized spacial score (nSPS) is 11.1. The van der Waals surface area contributed by atoms with E-state index in [1.165, 1.54) is 30.4 Å². The van der Waals surface area contributed by atoms with Crippen molar-refractivity contribution in [3.8, 4) is 0 Å². The zero-order valence-electron chi connectivity index (χ0n) is 12.1. The topological polar surface area (TPSA) is 34.9 Å². The van der Waals surface area contributed by atoms with Gasteiger partial charge in [0.05, 0.1) is 0 Å². The number of rotatable bonds is 5. The summed E-state index contributed by atoms with van der Waals surface area (Å²) in [5.41, 5.74) is 3.27. The lowest BCUT2D eigenvalue weighted by atomic mass is 10.1. The molecule has 3 nitrogen and oxygen atoms in total. The molecule has 0 aliphatic rings. The maximum Gasteiger partial charge on any atom is 0.252 e. The van der Waals surface area contributed by atoms with E-state index in [1.807, 2.05) is 16.8 Å². The highest BCUT2D eigenvalue weighted by atomic mass is 16.1. The molecule has 2 rings (SSSR count). The number of hydrogen-bond acceptors (Lipinski definition) is 2. The molecule has 0 aromatic carbocycles. The second-order valence-electron chi connectivity index (χ2n) is 5.19. The maximum absolute atomic E-state index is 12.0. The van der Waals surface area contributed by atoms with E-state index < -0.39 is 0 Å². The van der Waals surface area contributed by atoms with Gasteiger partial charge in [0.2, 0.25) is 0 Å². The zero-order chi connectivity index (χ0) is 13.8. The van der Waals surface area contributed by atoms with Crippen molar-refractivity contribution >= 4 is 11.0 Å². The molecule has 0 N–H and O–H groups in total. The van der Waals surface area contributed by atoms with E-state index in [0.29, 0.717) is 0 Å². The summed E-state index contributed by atoms with van der Waals surface area (Å²) in [6.07, 6.45) is 6.51. The van der Waals surface area contributed by atoms with E-state index in [0.717, 1.165) is 24.0 Å². The monoisotopic (exact) mass is 258 g/mol. The first kappa shape index (κ1) is 13.8. The van der Waals surface area contributed by atoms with Gasteiger partial charge in [0.15, 0.2) is 0 Å². The van der Waals surface area contributed by atoms with E-state index in [-0.39, 0.29) is 5.56 Å². The van der Waals surface area contributed by atoms with E-state index in [1.54, 1.807) is 6.07 Å². The molecule has 0 atom stereocenters. The van der Waals surface area contributed by atoms with Crippen LogP contribution in [0, 0.1) is 13.8 Å². The fourth-order valence-electron chi connectivity index (χ4n) is 2.38. The lowest BCUT2D eigenvalue weighted by Crippen LogP contribution is -2.20. The van der Waals surface area contributed by atoms with Crippen molar-refractivity contribution in [3.63, 3.8) is 0 Å². The van der Waals surface area contributed by atoms with Gasteiger partial charge in [-0.1, -0.05) is 26.2 Å². The third-order valence-corrected chi connectivity index (χ3v) is 3.77. The average Bonchev–Trinajstić information content (AvgIpc) is 2.41. The van der Waals surface area contributed by atoms with E-state index in [9.17, 15) is 4.79 Å². The largest absolute Gasteiger partial charge is 0.293 e. The van der Waals surface area contributed by atoms with Gasteiger partial charge in [-0.15, -0.1) is 0 Å². The Morgan fingerprint density at radius 1 is 1.16 bits per heavy atom. The van der Waals surface area contributed by atoms with Gasteiger partial charge < -0.3 is 0 Å². The molecule has 0 saturated carbocycles. The Morgan fingerprint density at radius 2 is 1.95 bits per heavy atom.